The van der Waals surface area contributed by atoms with Gasteiger partial charge in [0, 0.05) is 96.2 Å². The largest absolute Gasteiger partial charge is 0.399 e. The number of nitrogens with two attached hydrogens (primary N) is 1. The van der Waals surface area contributed by atoms with Crippen LogP contribution in [-0.2, 0) is 9.47 Å². The molecule has 54 heavy (non-hydrogen) atoms. The summed E-state index contributed by atoms with van der Waals surface area (Å²) in [6.45, 7) is 5.13. The van der Waals surface area contributed by atoms with Crippen molar-refractivity contribution in [1.29, 1.82) is 0 Å². The number of halogens is 8. The topological polar surface area (TPSA) is 121 Å². The summed E-state index contributed by atoms with van der Waals surface area (Å²) in [4.78, 5) is 26.4. The summed E-state index contributed by atoms with van der Waals surface area (Å²) >= 11 is 36.0. The first-order valence-electron chi connectivity index (χ1n) is 16.4. The van der Waals surface area contributed by atoms with E-state index in [2.05, 4.69) is 25.5 Å². The van der Waals surface area contributed by atoms with Gasteiger partial charge in [-0.25, -0.2) is 13.6 Å². The number of nitrogens with one attached hydrogen (secondary N) is 2. The van der Waals surface area contributed by atoms with Crippen LogP contribution in [0, 0.1) is 11.6 Å². The van der Waals surface area contributed by atoms with E-state index >= 15 is 0 Å². The lowest BCUT2D eigenvalue weighted by Gasteiger charge is -2.26. The number of nitrogens with zero attached hydrogens (tertiary/aromatic N) is 5. The number of ether oxygens (including phenoxy) is 2. The van der Waals surface area contributed by atoms with Crippen LogP contribution in [0.3, 0.4) is 0 Å². The maximum atomic E-state index is 13.3. The van der Waals surface area contributed by atoms with E-state index in [9.17, 15) is 13.6 Å². The van der Waals surface area contributed by atoms with Gasteiger partial charge < -0.3 is 40.5 Å². The highest BCUT2D eigenvalue weighted by atomic mass is 35.5. The average molecular weight is 869 g/mol. The number of rotatable bonds is 5. The van der Waals surface area contributed by atoms with E-state index in [-0.39, 0.29) is 28.3 Å². The Bertz CT molecular complexity index is 1830. The zero-order valence-corrected chi connectivity index (χ0v) is 33.7. The second kappa shape index (κ2) is 21.3. The monoisotopic (exact) mass is 866 g/mol. The molecule has 0 spiro atoms. The van der Waals surface area contributed by atoms with Crippen molar-refractivity contribution in [2.75, 3.05) is 87.4 Å². The van der Waals surface area contributed by atoms with Gasteiger partial charge in [0.2, 0.25) is 0 Å². The van der Waals surface area contributed by atoms with E-state index in [4.69, 9.17) is 84.8 Å². The van der Waals surface area contributed by atoms with Crippen LogP contribution in [0.25, 0.3) is 0 Å². The maximum absolute atomic E-state index is 13.3. The zero-order valence-electron chi connectivity index (χ0n) is 29.1. The highest BCUT2D eigenvalue weighted by molar-refractivity contribution is 6.39. The van der Waals surface area contributed by atoms with Crippen molar-refractivity contribution in [3.8, 4) is 0 Å². The van der Waals surface area contributed by atoms with Gasteiger partial charge in [-0.15, -0.1) is 0 Å². The van der Waals surface area contributed by atoms with Gasteiger partial charge in [0.1, 0.15) is 11.6 Å². The van der Waals surface area contributed by atoms with Crippen molar-refractivity contribution in [1.82, 2.24) is 20.2 Å². The van der Waals surface area contributed by atoms with Crippen LogP contribution in [-0.4, -0.2) is 99.7 Å². The number of benzene rings is 2. The van der Waals surface area contributed by atoms with Gasteiger partial charge in [0.15, 0.2) is 0 Å². The number of nitrogen functional groups attached to an aromatic ring is 1. The smallest absolute Gasteiger partial charge is 0.321 e. The molecule has 2 atom stereocenters. The number of pyridine rings is 2. The molecule has 2 aliphatic heterocycles. The standard InChI is InChI=1S/C18H18Cl3FN4O2.C11H15Cl2N3O.C6H5ClFN/c1-28-12-9-25(17-14(20)7-23-8-15(17)21)4-5-26(10-12)18(27)24-11-2-3-16(22)13(19)6-11;1-17-8-4-14-2-3-16(7-8)11-9(12)5-15-6-10(11)13;7-5-3-4(9)1-2-6(5)8/h2-3,6-8,12H,4-5,9-10H2,1H3,(H,24,27);5-6,8,14H,2-4,7H2,1H3;1-3H,9H2. The van der Waals surface area contributed by atoms with Crippen molar-refractivity contribution in [3.05, 3.63) is 103 Å². The van der Waals surface area contributed by atoms with E-state index in [1.807, 2.05) is 4.90 Å². The Hall–Kier alpha value is -3.11. The van der Waals surface area contributed by atoms with Crippen molar-refractivity contribution in [2.24, 2.45) is 0 Å². The van der Waals surface area contributed by atoms with Crippen LogP contribution in [0.15, 0.2) is 61.2 Å². The third-order valence-corrected chi connectivity index (χ3v) is 9.89. The number of hydrogen-bond acceptors (Lipinski definition) is 9. The predicted octanol–water partition coefficient (Wildman–Crippen LogP) is 8.42. The summed E-state index contributed by atoms with van der Waals surface area (Å²) in [5.41, 5.74) is 7.66. The van der Waals surface area contributed by atoms with Gasteiger partial charge >= 0.3 is 6.03 Å². The summed E-state index contributed by atoms with van der Waals surface area (Å²) in [5.74, 6) is -0.985. The number of aromatic nitrogens is 2. The Balaban J connectivity index is 0.000000210. The quantitative estimate of drug-likeness (QED) is 0.170. The number of anilines is 4. The number of urea groups is 1. The molecule has 292 valence electrons. The van der Waals surface area contributed by atoms with Crippen molar-refractivity contribution >= 4 is 98.4 Å². The van der Waals surface area contributed by atoms with Gasteiger partial charge in [-0.1, -0.05) is 69.6 Å². The molecule has 6 rings (SSSR count). The number of amides is 2. The molecule has 4 aromatic rings. The normalized spacial score (nSPS) is 17.3. The first kappa shape index (κ1) is 43.6. The summed E-state index contributed by atoms with van der Waals surface area (Å²) in [6.07, 6.45) is 6.16. The maximum Gasteiger partial charge on any atom is 0.321 e. The highest BCUT2D eigenvalue weighted by Crippen LogP contribution is 2.34. The number of hydrogen-bond donors (Lipinski definition) is 3. The molecule has 2 saturated heterocycles. The molecule has 0 radical (unpaired) electrons. The van der Waals surface area contributed by atoms with E-state index in [0.29, 0.717) is 63.3 Å². The molecule has 2 unspecified atom stereocenters. The average Bonchev–Trinajstić information content (AvgIpc) is 3.51. The van der Waals surface area contributed by atoms with Gasteiger partial charge in [-0.2, -0.15) is 0 Å². The molecular formula is C35H38Cl6F2N8O3. The SMILES string of the molecule is COC1CN(C(=O)Nc2ccc(F)c(Cl)c2)CCN(c2c(Cl)cncc2Cl)C1.COC1CNCCN(c2c(Cl)cncc2Cl)C1.Nc1ccc(F)c(Cl)c1. The fourth-order valence-corrected chi connectivity index (χ4v) is 7.03. The van der Waals surface area contributed by atoms with Gasteiger partial charge in [-0.3, -0.25) is 9.97 Å². The molecule has 2 amide bonds. The number of carbonyl (C=O) groups is 1. The van der Waals surface area contributed by atoms with Crippen molar-refractivity contribution in [2.45, 2.75) is 12.2 Å². The third-order valence-electron chi connectivity index (χ3n) is 8.20. The first-order valence-corrected chi connectivity index (χ1v) is 18.6. The molecule has 4 heterocycles. The second-order valence-corrected chi connectivity index (χ2v) is 14.3. The minimum Gasteiger partial charge on any atom is -0.399 e. The molecule has 2 aromatic heterocycles. The van der Waals surface area contributed by atoms with E-state index in [1.165, 1.54) is 48.8 Å². The fourth-order valence-electron chi connectivity index (χ4n) is 5.45. The fraction of sp³-hybridized carbons (Fsp3) is 0.343. The molecule has 0 aliphatic carbocycles. The Morgan fingerprint density at radius 2 is 1.26 bits per heavy atom. The molecule has 0 saturated carbocycles. The van der Waals surface area contributed by atoms with Gasteiger partial charge in [0.05, 0.1) is 60.3 Å². The summed E-state index contributed by atoms with van der Waals surface area (Å²) in [7, 11) is 3.30. The Morgan fingerprint density at radius 1 is 0.741 bits per heavy atom. The third kappa shape index (κ3) is 12.5. The zero-order chi connectivity index (χ0) is 39.4. The molecule has 2 fully saturated rings. The van der Waals surface area contributed by atoms with Crippen molar-refractivity contribution < 1.29 is 23.0 Å². The van der Waals surface area contributed by atoms with E-state index < -0.39 is 11.6 Å². The summed E-state index contributed by atoms with van der Waals surface area (Å²) < 4.78 is 36.5. The molecule has 4 N–H and O–H groups in total. The number of carbonyl (C=O) groups excluding carboxylic acids is 1. The Kier molecular flexibility index (Phi) is 17.2. The molecule has 2 aromatic carbocycles. The predicted molar refractivity (Wildman–Crippen MR) is 215 cm³/mol. The first-order chi connectivity index (χ1) is 25.8. The summed E-state index contributed by atoms with van der Waals surface area (Å²) in [6, 6.07) is 7.75. The highest BCUT2D eigenvalue weighted by Gasteiger charge is 2.28. The van der Waals surface area contributed by atoms with E-state index in [0.717, 1.165) is 31.9 Å². The lowest BCUT2D eigenvalue weighted by Crippen LogP contribution is -2.41. The van der Waals surface area contributed by atoms with Crippen LogP contribution >= 0.6 is 69.6 Å². The van der Waals surface area contributed by atoms with Crippen LogP contribution in [0.1, 0.15) is 0 Å². The molecule has 19 heteroatoms. The van der Waals surface area contributed by atoms with Crippen LogP contribution in [0.4, 0.5) is 36.3 Å². The van der Waals surface area contributed by atoms with Crippen molar-refractivity contribution in [3.63, 3.8) is 0 Å². The molecule has 0 bridgehead atoms. The second-order valence-electron chi connectivity index (χ2n) is 11.9. The van der Waals surface area contributed by atoms with E-state index in [1.54, 1.807) is 31.5 Å². The van der Waals surface area contributed by atoms with Crippen LogP contribution in [0.5, 0.6) is 0 Å². The minimum atomic E-state index is -0.546. The minimum absolute atomic E-state index is 0.0587. The van der Waals surface area contributed by atoms with Gasteiger partial charge in [-0.05, 0) is 36.4 Å². The Labute approximate surface area is 342 Å². The lowest BCUT2D eigenvalue weighted by molar-refractivity contribution is 0.0887. The van der Waals surface area contributed by atoms with Crippen LogP contribution < -0.4 is 26.2 Å². The summed E-state index contributed by atoms with van der Waals surface area (Å²) in [5, 5.41) is 8.07. The molecule has 2 aliphatic rings. The Morgan fingerprint density at radius 3 is 1.78 bits per heavy atom. The van der Waals surface area contributed by atoms with Gasteiger partial charge in [0.25, 0.3) is 0 Å². The lowest BCUT2D eigenvalue weighted by atomic mass is 10.3. The molecule has 11 nitrogen and oxygen atoms in total. The number of methoxy groups -OCH3 is 2. The molecular weight excluding hydrogens is 831 g/mol. The van der Waals surface area contributed by atoms with Crippen LogP contribution in [0.2, 0.25) is 30.1 Å².